The number of anilines is 1. The van der Waals surface area contributed by atoms with Crippen LogP contribution in [-0.2, 0) is 16.6 Å². The summed E-state index contributed by atoms with van der Waals surface area (Å²) in [6, 6.07) is 14.4. The number of halogens is 1. The Morgan fingerprint density at radius 3 is 2.63 bits per heavy atom. The summed E-state index contributed by atoms with van der Waals surface area (Å²) >= 11 is 5.93. The van der Waals surface area contributed by atoms with Gasteiger partial charge in [0, 0.05) is 5.02 Å². The van der Waals surface area contributed by atoms with Gasteiger partial charge >= 0.3 is 0 Å². The molecule has 0 bridgehead atoms. The lowest BCUT2D eigenvalue weighted by atomic mass is 10.1. The van der Waals surface area contributed by atoms with Crippen molar-refractivity contribution in [3.8, 4) is 0 Å². The molecule has 3 aromatic rings. The third-order valence-electron chi connectivity index (χ3n) is 3.86. The molecule has 1 heterocycles. The summed E-state index contributed by atoms with van der Waals surface area (Å²) in [5, 5.41) is 3.01. The molecule has 1 amide bonds. The van der Waals surface area contributed by atoms with Gasteiger partial charge in [-0.1, -0.05) is 29.8 Å². The van der Waals surface area contributed by atoms with Gasteiger partial charge in [-0.15, -0.1) is 0 Å². The van der Waals surface area contributed by atoms with Crippen molar-refractivity contribution in [2.24, 2.45) is 0 Å². The van der Waals surface area contributed by atoms with Crippen molar-refractivity contribution in [3.05, 3.63) is 82.8 Å². The van der Waals surface area contributed by atoms with Gasteiger partial charge in [-0.2, -0.15) is 0 Å². The van der Waals surface area contributed by atoms with Crippen molar-refractivity contribution in [1.82, 2.24) is 5.32 Å². The van der Waals surface area contributed by atoms with Crippen molar-refractivity contribution in [2.45, 2.75) is 18.4 Å². The fourth-order valence-corrected chi connectivity index (χ4v) is 4.10. The Bertz CT molecular complexity index is 1060. The lowest BCUT2D eigenvalue weighted by molar-refractivity contribution is 0.0949. The largest absolute Gasteiger partial charge is 0.467 e. The van der Waals surface area contributed by atoms with Gasteiger partial charge in [-0.05, 0) is 48.9 Å². The first kappa shape index (κ1) is 19.0. The van der Waals surface area contributed by atoms with E-state index in [1.165, 1.54) is 18.4 Å². The van der Waals surface area contributed by atoms with Crippen LogP contribution in [0.1, 0.15) is 21.7 Å². The number of sulfonamides is 1. The summed E-state index contributed by atoms with van der Waals surface area (Å²) in [5.41, 5.74) is 0.924. The van der Waals surface area contributed by atoms with Crippen LogP contribution in [0.25, 0.3) is 0 Å². The number of benzene rings is 2. The van der Waals surface area contributed by atoms with Gasteiger partial charge in [0.25, 0.3) is 15.9 Å². The van der Waals surface area contributed by atoms with Gasteiger partial charge in [0.2, 0.25) is 0 Å². The summed E-state index contributed by atoms with van der Waals surface area (Å²) < 4.78 is 33.2. The molecule has 0 spiro atoms. The maximum Gasteiger partial charge on any atom is 0.262 e. The molecule has 8 heteroatoms. The van der Waals surface area contributed by atoms with Gasteiger partial charge in [0.1, 0.15) is 5.76 Å². The molecule has 0 aliphatic rings. The number of nitrogens with one attached hydrogen (secondary N) is 2. The molecule has 1 aromatic heterocycles. The highest BCUT2D eigenvalue weighted by atomic mass is 35.5. The van der Waals surface area contributed by atoms with Gasteiger partial charge in [0.15, 0.2) is 0 Å². The molecule has 140 valence electrons. The highest BCUT2D eigenvalue weighted by Gasteiger charge is 2.20. The molecule has 0 fully saturated rings. The first-order chi connectivity index (χ1) is 12.9. The number of hydrogen-bond donors (Lipinski definition) is 2. The topological polar surface area (TPSA) is 88.4 Å². The summed E-state index contributed by atoms with van der Waals surface area (Å²) in [6.45, 7) is 1.87. The van der Waals surface area contributed by atoms with E-state index in [2.05, 4.69) is 10.0 Å². The van der Waals surface area contributed by atoms with Crippen LogP contribution in [0.4, 0.5) is 5.69 Å². The average molecular weight is 405 g/mol. The molecule has 27 heavy (non-hydrogen) atoms. The molecule has 0 saturated carbocycles. The van der Waals surface area contributed by atoms with Crippen LogP contribution >= 0.6 is 11.6 Å². The van der Waals surface area contributed by atoms with Gasteiger partial charge in [-0.25, -0.2) is 8.42 Å². The van der Waals surface area contributed by atoms with Gasteiger partial charge < -0.3 is 9.73 Å². The predicted molar refractivity (Wildman–Crippen MR) is 103 cm³/mol. The molecule has 2 aromatic carbocycles. The Labute approximate surface area is 162 Å². The van der Waals surface area contributed by atoms with Crippen LogP contribution in [0, 0.1) is 6.92 Å². The van der Waals surface area contributed by atoms with Crippen molar-refractivity contribution in [3.63, 3.8) is 0 Å². The van der Waals surface area contributed by atoms with Crippen molar-refractivity contribution < 1.29 is 17.6 Å². The van der Waals surface area contributed by atoms with Crippen LogP contribution in [0.15, 0.2) is 70.2 Å². The second kappa shape index (κ2) is 7.85. The molecule has 3 rings (SSSR count). The Hall–Kier alpha value is -2.77. The van der Waals surface area contributed by atoms with E-state index in [1.807, 2.05) is 0 Å². The zero-order valence-corrected chi connectivity index (χ0v) is 16.0. The van der Waals surface area contributed by atoms with Crippen molar-refractivity contribution in [2.75, 3.05) is 4.72 Å². The highest BCUT2D eigenvalue weighted by Crippen LogP contribution is 2.24. The van der Waals surface area contributed by atoms with Crippen molar-refractivity contribution >= 4 is 33.2 Å². The van der Waals surface area contributed by atoms with Crippen LogP contribution in [0.5, 0.6) is 0 Å². The van der Waals surface area contributed by atoms with E-state index in [-0.39, 0.29) is 22.7 Å². The number of carbonyl (C=O) groups excluding carboxylic acids is 1. The van der Waals surface area contributed by atoms with E-state index in [1.54, 1.807) is 49.4 Å². The molecule has 0 unspecified atom stereocenters. The van der Waals surface area contributed by atoms with Crippen LogP contribution in [0.2, 0.25) is 5.02 Å². The number of rotatable bonds is 6. The van der Waals surface area contributed by atoms with E-state index < -0.39 is 15.9 Å². The highest BCUT2D eigenvalue weighted by molar-refractivity contribution is 7.92. The zero-order valence-electron chi connectivity index (χ0n) is 14.4. The third-order valence-corrected chi connectivity index (χ3v) is 5.60. The Morgan fingerprint density at radius 2 is 1.89 bits per heavy atom. The van der Waals surface area contributed by atoms with Gasteiger partial charge in [0.05, 0.1) is 29.0 Å². The molecule has 2 N–H and O–H groups in total. The maximum absolute atomic E-state index is 12.8. The smallest absolute Gasteiger partial charge is 0.262 e. The van der Waals surface area contributed by atoms with E-state index >= 15 is 0 Å². The molecule has 0 atom stereocenters. The Balaban J connectivity index is 1.85. The minimum atomic E-state index is -3.91. The van der Waals surface area contributed by atoms with Gasteiger partial charge in [-0.3, -0.25) is 9.52 Å². The van der Waals surface area contributed by atoms with Crippen molar-refractivity contribution in [1.29, 1.82) is 0 Å². The zero-order chi connectivity index (χ0) is 19.4. The number of amides is 1. The summed E-state index contributed by atoms with van der Waals surface area (Å²) in [7, 11) is -3.91. The first-order valence-electron chi connectivity index (χ1n) is 8.05. The molecule has 0 saturated heterocycles. The summed E-state index contributed by atoms with van der Waals surface area (Å²) in [6.07, 6.45) is 1.51. The monoisotopic (exact) mass is 404 g/mol. The second-order valence-corrected chi connectivity index (χ2v) is 7.91. The Kier molecular flexibility index (Phi) is 5.53. The molecule has 6 nitrogen and oxygen atoms in total. The normalized spacial score (nSPS) is 11.2. The van der Waals surface area contributed by atoms with E-state index in [9.17, 15) is 13.2 Å². The standard InChI is InChI=1S/C19H17ClN2O4S/c1-13-8-9-14(20)11-18(13)27(24,25)22-17-7-3-2-6-16(17)19(23)21-12-15-5-4-10-26-15/h2-11,22H,12H2,1H3,(H,21,23). The fraction of sp³-hybridized carbons (Fsp3) is 0.105. The molecule has 0 radical (unpaired) electrons. The Morgan fingerprint density at radius 1 is 1.11 bits per heavy atom. The van der Waals surface area contributed by atoms with E-state index in [0.29, 0.717) is 16.3 Å². The second-order valence-electron chi connectivity index (χ2n) is 5.82. The minimum absolute atomic E-state index is 0.0563. The number of para-hydroxylation sites is 1. The van der Waals surface area contributed by atoms with Crippen LogP contribution < -0.4 is 10.0 Å². The predicted octanol–water partition coefficient (Wildman–Crippen LogP) is 3.97. The minimum Gasteiger partial charge on any atom is -0.467 e. The third kappa shape index (κ3) is 4.50. The van der Waals surface area contributed by atoms with Crippen LogP contribution in [0.3, 0.4) is 0 Å². The molecular formula is C19H17ClN2O4S. The van der Waals surface area contributed by atoms with Crippen LogP contribution in [-0.4, -0.2) is 14.3 Å². The molecule has 0 aliphatic carbocycles. The number of furan rings is 1. The SMILES string of the molecule is Cc1ccc(Cl)cc1S(=O)(=O)Nc1ccccc1C(=O)NCc1ccco1. The van der Waals surface area contributed by atoms with E-state index in [0.717, 1.165) is 0 Å². The maximum atomic E-state index is 12.8. The number of aryl methyl sites for hydroxylation is 1. The molecule has 0 aliphatic heterocycles. The average Bonchev–Trinajstić information content (AvgIpc) is 3.15. The quantitative estimate of drug-likeness (QED) is 0.650. The first-order valence-corrected chi connectivity index (χ1v) is 9.91. The summed E-state index contributed by atoms with van der Waals surface area (Å²) in [5.74, 6) is 0.170. The van der Waals surface area contributed by atoms with E-state index in [4.69, 9.17) is 16.0 Å². The number of carbonyl (C=O) groups is 1. The fourth-order valence-electron chi connectivity index (χ4n) is 2.51. The molecular weight excluding hydrogens is 388 g/mol. The summed E-state index contributed by atoms with van der Waals surface area (Å²) in [4.78, 5) is 12.6. The lowest BCUT2D eigenvalue weighted by Gasteiger charge is -2.14. The lowest BCUT2D eigenvalue weighted by Crippen LogP contribution is -2.25. The number of hydrogen-bond acceptors (Lipinski definition) is 4.